The van der Waals surface area contributed by atoms with Gasteiger partial charge in [-0.05, 0) is 30.5 Å². The predicted molar refractivity (Wildman–Crippen MR) is 70.0 cm³/mol. The maximum absolute atomic E-state index is 11.2. The van der Waals surface area contributed by atoms with E-state index in [0.717, 1.165) is 5.75 Å². The van der Waals surface area contributed by atoms with Crippen LogP contribution in [-0.2, 0) is 9.05 Å². The molecule has 0 aliphatic rings. The molecule has 0 fully saturated rings. The first-order chi connectivity index (χ1) is 7.80. The van der Waals surface area contributed by atoms with Crippen molar-refractivity contribution in [1.82, 2.24) is 0 Å². The Kier molecular flexibility index (Phi) is 4.83. The van der Waals surface area contributed by atoms with E-state index in [1.165, 1.54) is 0 Å². The van der Waals surface area contributed by atoms with Crippen molar-refractivity contribution in [3.63, 3.8) is 0 Å². The van der Waals surface area contributed by atoms with Gasteiger partial charge in [-0.1, -0.05) is 26.0 Å². The minimum atomic E-state index is -3.56. The maximum Gasteiger partial charge on any atom is 0.239 e. The largest absolute Gasteiger partial charge is 0.493 e. The van der Waals surface area contributed by atoms with Gasteiger partial charge in [-0.25, -0.2) is 8.42 Å². The van der Waals surface area contributed by atoms with E-state index in [1.807, 2.05) is 0 Å². The Labute approximate surface area is 107 Å². The molecule has 96 valence electrons. The van der Waals surface area contributed by atoms with Crippen molar-refractivity contribution in [2.75, 3.05) is 6.61 Å². The minimum absolute atomic E-state index is 0.455. The first kappa shape index (κ1) is 14.3. The molecule has 5 heteroatoms. The second-order valence-electron chi connectivity index (χ2n) is 4.39. The fraction of sp³-hybridized carbons (Fsp3) is 0.500. The van der Waals surface area contributed by atoms with E-state index in [9.17, 15) is 8.42 Å². The number of halogens is 1. The van der Waals surface area contributed by atoms with Crippen molar-refractivity contribution < 1.29 is 13.2 Å². The monoisotopic (exact) mass is 276 g/mol. The number of ether oxygens (including phenoxy) is 1. The highest BCUT2D eigenvalue weighted by molar-refractivity contribution is 8.13. The average Bonchev–Trinajstić information content (AvgIpc) is 2.25. The van der Waals surface area contributed by atoms with Crippen LogP contribution >= 0.6 is 10.7 Å². The van der Waals surface area contributed by atoms with Gasteiger partial charge in [0.15, 0.2) is 0 Å². The van der Waals surface area contributed by atoms with E-state index in [2.05, 4.69) is 13.8 Å². The van der Waals surface area contributed by atoms with Crippen molar-refractivity contribution in [1.29, 1.82) is 0 Å². The lowest BCUT2D eigenvalue weighted by Crippen LogP contribution is -2.05. The van der Waals surface area contributed by atoms with Gasteiger partial charge in [-0.3, -0.25) is 0 Å². The van der Waals surface area contributed by atoms with Gasteiger partial charge in [0, 0.05) is 10.7 Å². The molecule has 1 atom stereocenters. The number of benzene rings is 1. The van der Waals surface area contributed by atoms with Gasteiger partial charge >= 0.3 is 0 Å². The summed E-state index contributed by atoms with van der Waals surface area (Å²) in [5, 5.41) is -0.705. The van der Waals surface area contributed by atoms with Crippen molar-refractivity contribution >= 4 is 19.7 Å². The van der Waals surface area contributed by atoms with Crippen molar-refractivity contribution in [2.45, 2.75) is 26.0 Å². The van der Waals surface area contributed by atoms with Gasteiger partial charge in [0.25, 0.3) is 0 Å². The highest BCUT2D eigenvalue weighted by Gasteiger charge is 2.19. The van der Waals surface area contributed by atoms with E-state index < -0.39 is 14.3 Å². The Bertz CT molecular complexity index is 451. The summed E-state index contributed by atoms with van der Waals surface area (Å²) in [6.07, 6.45) is 0. The van der Waals surface area contributed by atoms with E-state index in [4.69, 9.17) is 15.4 Å². The van der Waals surface area contributed by atoms with Gasteiger partial charge in [0.05, 0.1) is 11.9 Å². The molecule has 0 spiro atoms. The molecular formula is C12H17ClO3S. The van der Waals surface area contributed by atoms with Crippen LogP contribution in [0.4, 0.5) is 0 Å². The average molecular weight is 277 g/mol. The van der Waals surface area contributed by atoms with E-state index in [-0.39, 0.29) is 0 Å². The van der Waals surface area contributed by atoms with Crippen LogP contribution in [0.1, 0.15) is 31.6 Å². The van der Waals surface area contributed by atoms with Crippen LogP contribution in [0.2, 0.25) is 0 Å². The van der Waals surface area contributed by atoms with Gasteiger partial charge in [-0.2, -0.15) is 0 Å². The summed E-state index contributed by atoms with van der Waals surface area (Å²) in [5.41, 5.74) is 0.664. The number of hydrogen-bond acceptors (Lipinski definition) is 3. The topological polar surface area (TPSA) is 43.4 Å². The van der Waals surface area contributed by atoms with Crippen molar-refractivity contribution in [2.24, 2.45) is 5.92 Å². The molecule has 1 rings (SSSR count). The summed E-state index contributed by atoms with van der Waals surface area (Å²) in [5.74, 6) is 1.19. The molecular weight excluding hydrogens is 260 g/mol. The molecule has 0 radical (unpaired) electrons. The SMILES string of the molecule is CC(C)COc1ccc(C(C)S(=O)(=O)Cl)cc1. The quantitative estimate of drug-likeness (QED) is 0.775. The molecule has 0 aliphatic carbocycles. The summed E-state index contributed by atoms with van der Waals surface area (Å²) in [4.78, 5) is 0. The fourth-order valence-corrected chi connectivity index (χ4v) is 2.05. The van der Waals surface area contributed by atoms with Crippen LogP contribution in [0.3, 0.4) is 0 Å². The highest BCUT2D eigenvalue weighted by atomic mass is 35.7. The van der Waals surface area contributed by atoms with Crippen molar-refractivity contribution in [3.8, 4) is 5.75 Å². The zero-order valence-electron chi connectivity index (χ0n) is 10.2. The van der Waals surface area contributed by atoms with Crippen LogP contribution in [0.15, 0.2) is 24.3 Å². The molecule has 0 aromatic heterocycles. The second kappa shape index (κ2) is 5.74. The van der Waals surface area contributed by atoms with Crippen LogP contribution in [0, 0.1) is 5.92 Å². The van der Waals surface area contributed by atoms with Gasteiger partial charge < -0.3 is 4.74 Å². The van der Waals surface area contributed by atoms with Crippen molar-refractivity contribution in [3.05, 3.63) is 29.8 Å². The summed E-state index contributed by atoms with van der Waals surface area (Å²) >= 11 is 0. The molecule has 1 aromatic rings. The van der Waals surface area contributed by atoms with Crippen LogP contribution in [0.5, 0.6) is 5.75 Å². The number of hydrogen-bond donors (Lipinski definition) is 0. The molecule has 1 unspecified atom stereocenters. The third kappa shape index (κ3) is 4.56. The molecule has 0 saturated heterocycles. The Morgan fingerprint density at radius 1 is 1.18 bits per heavy atom. The van der Waals surface area contributed by atoms with Gasteiger partial charge in [0.2, 0.25) is 9.05 Å². The van der Waals surface area contributed by atoms with E-state index in [0.29, 0.717) is 18.1 Å². The molecule has 17 heavy (non-hydrogen) atoms. The van der Waals surface area contributed by atoms with E-state index >= 15 is 0 Å². The lowest BCUT2D eigenvalue weighted by atomic mass is 10.1. The predicted octanol–water partition coefficient (Wildman–Crippen LogP) is 3.35. The smallest absolute Gasteiger partial charge is 0.239 e. The zero-order valence-corrected chi connectivity index (χ0v) is 11.8. The lowest BCUT2D eigenvalue weighted by Gasteiger charge is -2.11. The van der Waals surface area contributed by atoms with Crippen LogP contribution in [0.25, 0.3) is 0 Å². The third-order valence-electron chi connectivity index (χ3n) is 2.36. The van der Waals surface area contributed by atoms with Gasteiger partial charge in [-0.15, -0.1) is 0 Å². The maximum atomic E-state index is 11.2. The Hall–Kier alpha value is -0.740. The fourth-order valence-electron chi connectivity index (χ4n) is 1.26. The molecule has 0 saturated carbocycles. The summed E-state index contributed by atoms with van der Waals surface area (Å²) in [6.45, 7) is 6.34. The summed E-state index contributed by atoms with van der Waals surface area (Å²) in [6, 6.07) is 6.97. The molecule has 1 aromatic carbocycles. The molecule has 0 heterocycles. The zero-order chi connectivity index (χ0) is 13.1. The van der Waals surface area contributed by atoms with Crippen LogP contribution in [-0.4, -0.2) is 15.0 Å². The second-order valence-corrected chi connectivity index (χ2v) is 7.34. The lowest BCUT2D eigenvalue weighted by molar-refractivity contribution is 0.271. The number of rotatable bonds is 5. The normalized spacial score (nSPS) is 13.7. The molecule has 3 nitrogen and oxygen atoms in total. The Morgan fingerprint density at radius 3 is 2.12 bits per heavy atom. The highest BCUT2D eigenvalue weighted by Crippen LogP contribution is 2.26. The first-order valence-corrected chi connectivity index (χ1v) is 7.84. The third-order valence-corrected chi connectivity index (χ3v) is 4.27. The van der Waals surface area contributed by atoms with Crippen LogP contribution < -0.4 is 4.74 Å². The summed E-state index contributed by atoms with van der Waals surface area (Å²) in [7, 11) is 1.74. The minimum Gasteiger partial charge on any atom is -0.493 e. The molecule has 0 N–H and O–H groups in total. The molecule has 0 aliphatic heterocycles. The Balaban J connectivity index is 2.75. The van der Waals surface area contributed by atoms with Gasteiger partial charge in [0.1, 0.15) is 5.75 Å². The standard InChI is InChI=1S/C12H17ClO3S/c1-9(2)8-16-12-6-4-11(5-7-12)10(3)17(13,14)15/h4-7,9-10H,8H2,1-3H3. The molecule has 0 amide bonds. The summed E-state index contributed by atoms with van der Waals surface area (Å²) < 4.78 is 27.8. The Morgan fingerprint density at radius 2 is 1.71 bits per heavy atom. The van der Waals surface area contributed by atoms with E-state index in [1.54, 1.807) is 31.2 Å². The first-order valence-electron chi connectivity index (χ1n) is 5.47. The molecule has 0 bridgehead atoms.